The fourth-order valence-electron chi connectivity index (χ4n) is 2.55. The van der Waals surface area contributed by atoms with Crippen molar-refractivity contribution in [2.45, 2.75) is 26.4 Å². The molecule has 0 fully saturated rings. The molecule has 4 heteroatoms. The van der Waals surface area contributed by atoms with Gasteiger partial charge in [-0.1, -0.05) is 12.1 Å². The summed E-state index contributed by atoms with van der Waals surface area (Å²) < 4.78 is 7.83. The summed E-state index contributed by atoms with van der Waals surface area (Å²) in [6.07, 6.45) is 2.32. The van der Waals surface area contributed by atoms with Crippen LogP contribution in [-0.2, 0) is 20.1 Å². The number of ether oxygens (including phenoxy) is 1. The maximum absolute atomic E-state index is 5.96. The van der Waals surface area contributed by atoms with Crippen LogP contribution in [0.5, 0.6) is 5.75 Å². The molecule has 0 bridgehead atoms. The minimum atomic E-state index is 0.551. The standard InChI is InChI=1S/C15H19N3O/c1-11-9-13(18(2)17-11)10-19-14-7-3-5-12-6-4-8-16-15(12)14/h3,5,7,9,16H,4,6,8,10H2,1-2H3. The van der Waals surface area contributed by atoms with Gasteiger partial charge in [0.05, 0.1) is 17.1 Å². The van der Waals surface area contributed by atoms with E-state index in [4.69, 9.17) is 4.74 Å². The highest BCUT2D eigenvalue weighted by Crippen LogP contribution is 2.32. The number of anilines is 1. The quantitative estimate of drug-likeness (QED) is 0.918. The number of aromatic nitrogens is 2. The number of benzene rings is 1. The summed E-state index contributed by atoms with van der Waals surface area (Å²) in [5.74, 6) is 0.941. The molecule has 0 aliphatic carbocycles. The van der Waals surface area contributed by atoms with E-state index in [1.165, 1.54) is 12.0 Å². The Bertz CT molecular complexity index is 589. The number of para-hydroxylation sites is 1. The topological polar surface area (TPSA) is 39.1 Å². The second-order valence-electron chi connectivity index (χ2n) is 5.01. The first-order chi connectivity index (χ1) is 9.24. The van der Waals surface area contributed by atoms with E-state index in [0.29, 0.717) is 6.61 Å². The SMILES string of the molecule is Cc1cc(COc2cccc3c2NCCC3)n(C)n1. The molecule has 0 spiro atoms. The lowest BCUT2D eigenvalue weighted by Gasteiger charge is -2.21. The predicted octanol–water partition coefficient (Wildman–Crippen LogP) is 2.67. The molecule has 4 nitrogen and oxygen atoms in total. The normalized spacial score (nSPS) is 13.8. The Morgan fingerprint density at radius 3 is 3.11 bits per heavy atom. The van der Waals surface area contributed by atoms with Gasteiger partial charge < -0.3 is 10.1 Å². The molecule has 1 aromatic carbocycles. The molecule has 0 saturated carbocycles. The van der Waals surface area contributed by atoms with Crippen LogP contribution in [0.1, 0.15) is 23.4 Å². The van der Waals surface area contributed by atoms with Crippen molar-refractivity contribution < 1.29 is 4.74 Å². The monoisotopic (exact) mass is 257 g/mol. The second kappa shape index (κ2) is 4.96. The zero-order chi connectivity index (χ0) is 13.2. The average molecular weight is 257 g/mol. The lowest BCUT2D eigenvalue weighted by Crippen LogP contribution is -2.13. The molecule has 1 aliphatic heterocycles. The number of fused-ring (bicyclic) bond motifs is 1. The summed E-state index contributed by atoms with van der Waals surface area (Å²) in [4.78, 5) is 0. The summed E-state index contributed by atoms with van der Waals surface area (Å²) >= 11 is 0. The van der Waals surface area contributed by atoms with Gasteiger partial charge in [-0.2, -0.15) is 5.10 Å². The van der Waals surface area contributed by atoms with E-state index < -0.39 is 0 Å². The van der Waals surface area contributed by atoms with Gasteiger partial charge in [0.2, 0.25) is 0 Å². The molecule has 0 atom stereocenters. The summed E-state index contributed by atoms with van der Waals surface area (Å²) in [6, 6.07) is 8.32. The molecule has 2 heterocycles. The molecule has 0 radical (unpaired) electrons. The van der Waals surface area contributed by atoms with Crippen LogP contribution < -0.4 is 10.1 Å². The van der Waals surface area contributed by atoms with E-state index in [-0.39, 0.29) is 0 Å². The molecule has 0 saturated heterocycles. The predicted molar refractivity (Wildman–Crippen MR) is 75.5 cm³/mol. The fraction of sp³-hybridized carbons (Fsp3) is 0.400. The molecule has 3 rings (SSSR count). The summed E-state index contributed by atoms with van der Waals surface area (Å²) in [5, 5.41) is 7.77. The highest BCUT2D eigenvalue weighted by Gasteiger charge is 2.13. The highest BCUT2D eigenvalue weighted by molar-refractivity contribution is 5.63. The number of nitrogens with zero attached hydrogens (tertiary/aromatic N) is 2. The third-order valence-corrected chi connectivity index (χ3v) is 3.51. The van der Waals surface area contributed by atoms with Gasteiger partial charge in [-0.15, -0.1) is 0 Å². The minimum Gasteiger partial charge on any atom is -0.485 e. The molecule has 1 aliphatic rings. The average Bonchev–Trinajstić information content (AvgIpc) is 2.74. The molecule has 2 aromatic rings. The third-order valence-electron chi connectivity index (χ3n) is 3.51. The molecule has 19 heavy (non-hydrogen) atoms. The van der Waals surface area contributed by atoms with Crippen molar-refractivity contribution in [1.29, 1.82) is 0 Å². The van der Waals surface area contributed by atoms with E-state index in [2.05, 4.69) is 28.6 Å². The zero-order valence-corrected chi connectivity index (χ0v) is 11.4. The number of nitrogens with one attached hydrogen (secondary N) is 1. The molecule has 1 N–H and O–H groups in total. The van der Waals surface area contributed by atoms with Gasteiger partial charge in [0.25, 0.3) is 0 Å². The molecular weight excluding hydrogens is 238 g/mol. The maximum Gasteiger partial charge on any atom is 0.143 e. The van der Waals surface area contributed by atoms with Gasteiger partial charge in [-0.05, 0) is 37.5 Å². The Kier molecular flexibility index (Phi) is 3.15. The molecular formula is C15H19N3O. The van der Waals surface area contributed by atoms with Crippen LogP contribution in [-0.4, -0.2) is 16.3 Å². The lowest BCUT2D eigenvalue weighted by molar-refractivity contribution is 0.295. The number of hydrogen-bond acceptors (Lipinski definition) is 3. The van der Waals surface area contributed by atoms with Gasteiger partial charge in [0, 0.05) is 13.6 Å². The van der Waals surface area contributed by atoms with Gasteiger partial charge >= 0.3 is 0 Å². The van der Waals surface area contributed by atoms with Crippen LogP contribution >= 0.6 is 0 Å². The Balaban J connectivity index is 1.78. The van der Waals surface area contributed by atoms with Crippen LogP contribution in [0.2, 0.25) is 0 Å². The van der Waals surface area contributed by atoms with Crippen LogP contribution in [0.15, 0.2) is 24.3 Å². The first kappa shape index (κ1) is 12.1. The minimum absolute atomic E-state index is 0.551. The smallest absolute Gasteiger partial charge is 0.143 e. The second-order valence-corrected chi connectivity index (χ2v) is 5.01. The fourth-order valence-corrected chi connectivity index (χ4v) is 2.55. The van der Waals surface area contributed by atoms with E-state index in [1.54, 1.807) is 0 Å². The molecule has 0 amide bonds. The first-order valence-corrected chi connectivity index (χ1v) is 6.72. The van der Waals surface area contributed by atoms with Gasteiger partial charge in [0.1, 0.15) is 12.4 Å². The Morgan fingerprint density at radius 1 is 1.42 bits per heavy atom. The lowest BCUT2D eigenvalue weighted by atomic mass is 10.0. The third kappa shape index (κ3) is 2.43. The van der Waals surface area contributed by atoms with Crippen LogP contribution in [0.3, 0.4) is 0 Å². The highest BCUT2D eigenvalue weighted by atomic mass is 16.5. The number of aryl methyl sites for hydroxylation is 3. The van der Waals surface area contributed by atoms with E-state index >= 15 is 0 Å². The van der Waals surface area contributed by atoms with Crippen LogP contribution in [0.4, 0.5) is 5.69 Å². The maximum atomic E-state index is 5.96. The van der Waals surface area contributed by atoms with Crippen molar-refractivity contribution >= 4 is 5.69 Å². The van der Waals surface area contributed by atoms with Crippen molar-refractivity contribution in [2.24, 2.45) is 7.05 Å². The largest absolute Gasteiger partial charge is 0.485 e. The van der Waals surface area contributed by atoms with E-state index in [1.807, 2.05) is 24.7 Å². The van der Waals surface area contributed by atoms with E-state index in [0.717, 1.165) is 35.8 Å². The van der Waals surface area contributed by atoms with Crippen molar-refractivity contribution in [3.63, 3.8) is 0 Å². The molecule has 100 valence electrons. The van der Waals surface area contributed by atoms with Crippen molar-refractivity contribution in [3.05, 3.63) is 41.2 Å². The number of hydrogen-bond donors (Lipinski definition) is 1. The zero-order valence-electron chi connectivity index (χ0n) is 11.4. The van der Waals surface area contributed by atoms with Crippen molar-refractivity contribution in [2.75, 3.05) is 11.9 Å². The summed E-state index contributed by atoms with van der Waals surface area (Å²) in [7, 11) is 1.95. The Hall–Kier alpha value is -1.97. The Labute approximate surface area is 113 Å². The summed E-state index contributed by atoms with van der Waals surface area (Å²) in [5.41, 5.74) is 4.62. The molecule has 0 unspecified atom stereocenters. The summed E-state index contributed by atoms with van der Waals surface area (Å²) in [6.45, 7) is 3.57. The van der Waals surface area contributed by atoms with Crippen LogP contribution in [0.25, 0.3) is 0 Å². The van der Waals surface area contributed by atoms with E-state index in [9.17, 15) is 0 Å². The van der Waals surface area contributed by atoms with Gasteiger partial charge in [-0.3, -0.25) is 4.68 Å². The van der Waals surface area contributed by atoms with Gasteiger partial charge in [-0.25, -0.2) is 0 Å². The van der Waals surface area contributed by atoms with Crippen molar-refractivity contribution in [3.8, 4) is 5.75 Å². The van der Waals surface area contributed by atoms with Gasteiger partial charge in [0.15, 0.2) is 0 Å². The first-order valence-electron chi connectivity index (χ1n) is 6.72. The van der Waals surface area contributed by atoms with Crippen molar-refractivity contribution in [1.82, 2.24) is 9.78 Å². The van der Waals surface area contributed by atoms with Crippen LogP contribution in [0, 0.1) is 6.92 Å². The molecule has 1 aromatic heterocycles. The Morgan fingerprint density at radius 2 is 2.32 bits per heavy atom. The number of rotatable bonds is 3.